The second kappa shape index (κ2) is 10.8. The van der Waals surface area contributed by atoms with Crippen molar-refractivity contribution in [1.82, 2.24) is 19.1 Å². The van der Waals surface area contributed by atoms with Crippen molar-refractivity contribution in [3.63, 3.8) is 0 Å². The van der Waals surface area contributed by atoms with Crippen LogP contribution in [0.2, 0.25) is 0 Å². The molecule has 0 radical (unpaired) electrons. The summed E-state index contributed by atoms with van der Waals surface area (Å²) in [6, 6.07) is 7.79. The Morgan fingerprint density at radius 2 is 1.71 bits per heavy atom. The predicted octanol–water partition coefficient (Wildman–Crippen LogP) is 3.79. The van der Waals surface area contributed by atoms with E-state index in [9.17, 15) is 9.59 Å². The summed E-state index contributed by atoms with van der Waals surface area (Å²) in [5.74, 6) is 1.40. The van der Waals surface area contributed by atoms with Crippen molar-refractivity contribution in [3.8, 4) is 5.75 Å². The lowest BCUT2D eigenvalue weighted by atomic mass is 10.1. The number of aryl methyl sites for hydroxylation is 2. The SMILES string of the molecule is CCCCCCCCCn1c(NCc2ccc(OC)cc2)nc2c1c(=O)[nH]c(=O)n2C. The number of nitrogens with one attached hydrogen (secondary N) is 2. The molecule has 2 N–H and O–H groups in total. The van der Waals surface area contributed by atoms with Crippen LogP contribution in [0.4, 0.5) is 5.95 Å². The first-order valence-electron chi connectivity index (χ1n) is 11.1. The van der Waals surface area contributed by atoms with E-state index < -0.39 is 11.2 Å². The molecule has 0 saturated heterocycles. The van der Waals surface area contributed by atoms with E-state index in [4.69, 9.17) is 4.74 Å². The smallest absolute Gasteiger partial charge is 0.329 e. The average Bonchev–Trinajstić information content (AvgIpc) is 3.15. The van der Waals surface area contributed by atoms with Crippen LogP contribution in [0.15, 0.2) is 33.9 Å². The highest BCUT2D eigenvalue weighted by atomic mass is 16.5. The van der Waals surface area contributed by atoms with E-state index in [-0.39, 0.29) is 0 Å². The minimum absolute atomic E-state index is 0.397. The van der Waals surface area contributed by atoms with Crippen molar-refractivity contribution in [2.24, 2.45) is 7.05 Å². The number of imidazole rings is 1. The molecule has 3 aromatic rings. The highest BCUT2D eigenvalue weighted by Crippen LogP contribution is 2.19. The molecule has 0 amide bonds. The zero-order valence-corrected chi connectivity index (χ0v) is 18.7. The Balaban J connectivity index is 1.78. The number of methoxy groups -OCH3 is 1. The van der Waals surface area contributed by atoms with Gasteiger partial charge in [-0.3, -0.25) is 14.3 Å². The van der Waals surface area contributed by atoms with Gasteiger partial charge >= 0.3 is 5.69 Å². The topological polar surface area (TPSA) is 93.9 Å². The Kier molecular flexibility index (Phi) is 7.92. The van der Waals surface area contributed by atoms with E-state index in [2.05, 4.69) is 22.2 Å². The van der Waals surface area contributed by atoms with Crippen LogP contribution in [0.1, 0.15) is 57.4 Å². The molecule has 0 bridgehead atoms. The first kappa shape index (κ1) is 22.7. The molecule has 0 atom stereocenters. The van der Waals surface area contributed by atoms with Crippen LogP contribution >= 0.6 is 0 Å². The standard InChI is InChI=1S/C23H33N5O3/c1-4-5-6-7-8-9-10-15-28-19-20(27(2)23(30)26-21(19)29)25-22(28)24-16-17-11-13-18(31-3)14-12-17/h11-14H,4-10,15-16H2,1-3H3,(H,24,25)(H,26,29,30). The van der Waals surface area contributed by atoms with Gasteiger partial charge in [0.25, 0.3) is 5.56 Å². The molecule has 0 saturated carbocycles. The maximum absolute atomic E-state index is 12.6. The average molecular weight is 428 g/mol. The van der Waals surface area contributed by atoms with Gasteiger partial charge in [-0.25, -0.2) is 4.79 Å². The number of aromatic amines is 1. The molecule has 0 spiro atoms. The number of nitrogens with zero attached hydrogens (tertiary/aromatic N) is 3. The van der Waals surface area contributed by atoms with Crippen molar-refractivity contribution in [2.75, 3.05) is 12.4 Å². The highest BCUT2D eigenvalue weighted by Gasteiger charge is 2.17. The monoisotopic (exact) mass is 427 g/mol. The van der Waals surface area contributed by atoms with Crippen molar-refractivity contribution < 1.29 is 4.74 Å². The third-order valence-electron chi connectivity index (χ3n) is 5.60. The number of hydrogen-bond donors (Lipinski definition) is 2. The zero-order valence-electron chi connectivity index (χ0n) is 18.7. The van der Waals surface area contributed by atoms with Crippen molar-refractivity contribution in [3.05, 3.63) is 50.7 Å². The molecule has 8 nitrogen and oxygen atoms in total. The number of aromatic nitrogens is 4. The fourth-order valence-corrected chi connectivity index (χ4v) is 3.74. The maximum Gasteiger partial charge on any atom is 0.329 e. The maximum atomic E-state index is 12.6. The van der Waals surface area contributed by atoms with E-state index in [1.807, 2.05) is 28.8 Å². The summed E-state index contributed by atoms with van der Waals surface area (Å²) in [7, 11) is 3.26. The molecule has 0 fully saturated rings. The minimum Gasteiger partial charge on any atom is -0.497 e. The van der Waals surface area contributed by atoms with Gasteiger partial charge in [-0.1, -0.05) is 57.6 Å². The number of fused-ring (bicyclic) bond motifs is 1. The fourth-order valence-electron chi connectivity index (χ4n) is 3.74. The van der Waals surface area contributed by atoms with Crippen LogP contribution < -0.4 is 21.3 Å². The molecule has 1 aromatic carbocycles. The lowest BCUT2D eigenvalue weighted by Gasteiger charge is -2.11. The summed E-state index contributed by atoms with van der Waals surface area (Å²) < 4.78 is 8.50. The van der Waals surface area contributed by atoms with Gasteiger partial charge in [0.2, 0.25) is 5.95 Å². The number of benzene rings is 1. The number of H-pyrrole nitrogens is 1. The number of ether oxygens (including phenoxy) is 1. The molecule has 0 aliphatic carbocycles. The van der Waals surface area contributed by atoms with Gasteiger partial charge in [0.15, 0.2) is 11.2 Å². The largest absolute Gasteiger partial charge is 0.497 e. The summed E-state index contributed by atoms with van der Waals surface area (Å²) in [6.45, 7) is 3.45. The molecule has 0 aliphatic rings. The summed E-state index contributed by atoms with van der Waals surface area (Å²) in [5, 5.41) is 3.34. The Labute approximate surface area is 182 Å². The Hall–Kier alpha value is -3.03. The molecule has 2 heterocycles. The second-order valence-electron chi connectivity index (χ2n) is 7.90. The summed E-state index contributed by atoms with van der Waals surface area (Å²) in [4.78, 5) is 31.6. The molecule has 168 valence electrons. The quantitative estimate of drug-likeness (QED) is 0.429. The molecule has 8 heteroatoms. The zero-order chi connectivity index (χ0) is 22.2. The summed E-state index contributed by atoms with van der Waals surface area (Å²) in [6.07, 6.45) is 8.30. The van der Waals surface area contributed by atoms with Gasteiger partial charge in [-0.2, -0.15) is 4.98 Å². The van der Waals surface area contributed by atoms with E-state index in [1.165, 1.54) is 36.7 Å². The van der Waals surface area contributed by atoms with Gasteiger partial charge in [-0.15, -0.1) is 0 Å². The lowest BCUT2D eigenvalue weighted by Crippen LogP contribution is -2.29. The van der Waals surface area contributed by atoms with Crippen LogP contribution in [-0.2, 0) is 20.1 Å². The van der Waals surface area contributed by atoms with E-state index in [0.29, 0.717) is 30.2 Å². The second-order valence-corrected chi connectivity index (χ2v) is 7.90. The van der Waals surface area contributed by atoms with E-state index in [1.54, 1.807) is 14.2 Å². The molecule has 0 aliphatic heterocycles. The fraction of sp³-hybridized carbons (Fsp3) is 0.522. The molecular weight excluding hydrogens is 394 g/mol. The Morgan fingerprint density at radius 3 is 2.39 bits per heavy atom. The van der Waals surface area contributed by atoms with Gasteiger partial charge in [0.1, 0.15) is 5.75 Å². The Morgan fingerprint density at radius 1 is 1.03 bits per heavy atom. The number of rotatable bonds is 12. The lowest BCUT2D eigenvalue weighted by molar-refractivity contribution is 0.414. The Bertz CT molecular complexity index is 1100. The number of anilines is 1. The third-order valence-corrected chi connectivity index (χ3v) is 5.60. The van der Waals surface area contributed by atoms with Crippen LogP contribution in [0.5, 0.6) is 5.75 Å². The highest BCUT2D eigenvalue weighted by molar-refractivity contribution is 5.74. The van der Waals surface area contributed by atoms with Crippen molar-refractivity contribution >= 4 is 17.1 Å². The van der Waals surface area contributed by atoms with Crippen LogP contribution in [0, 0.1) is 0 Å². The molecule has 31 heavy (non-hydrogen) atoms. The normalized spacial score (nSPS) is 11.2. The predicted molar refractivity (Wildman–Crippen MR) is 124 cm³/mol. The van der Waals surface area contributed by atoms with Crippen molar-refractivity contribution in [1.29, 1.82) is 0 Å². The summed E-state index contributed by atoms with van der Waals surface area (Å²) >= 11 is 0. The van der Waals surface area contributed by atoms with Crippen LogP contribution in [0.3, 0.4) is 0 Å². The third kappa shape index (κ3) is 5.57. The first-order valence-corrected chi connectivity index (χ1v) is 11.1. The van der Waals surface area contributed by atoms with E-state index >= 15 is 0 Å². The van der Waals surface area contributed by atoms with E-state index in [0.717, 1.165) is 24.2 Å². The number of unbranched alkanes of at least 4 members (excludes halogenated alkanes) is 6. The van der Waals surface area contributed by atoms with Gasteiger partial charge in [0, 0.05) is 20.1 Å². The number of hydrogen-bond acceptors (Lipinski definition) is 5. The molecule has 3 rings (SSSR count). The van der Waals surface area contributed by atoms with Crippen LogP contribution in [0.25, 0.3) is 11.2 Å². The van der Waals surface area contributed by atoms with Gasteiger partial charge < -0.3 is 14.6 Å². The van der Waals surface area contributed by atoms with Gasteiger partial charge in [-0.05, 0) is 24.1 Å². The molecule has 0 unspecified atom stereocenters. The van der Waals surface area contributed by atoms with Crippen LogP contribution in [-0.4, -0.2) is 26.2 Å². The first-order chi connectivity index (χ1) is 15.0. The molecule has 2 aromatic heterocycles. The van der Waals surface area contributed by atoms with Gasteiger partial charge in [0.05, 0.1) is 7.11 Å². The summed E-state index contributed by atoms with van der Waals surface area (Å²) in [5.41, 5.74) is 1.04. The molecular formula is C23H33N5O3. The minimum atomic E-state index is -0.459. The van der Waals surface area contributed by atoms with Crippen molar-refractivity contribution in [2.45, 2.75) is 65.0 Å².